The van der Waals surface area contributed by atoms with Gasteiger partial charge in [0.15, 0.2) is 0 Å². The molecule has 1 saturated heterocycles. The summed E-state index contributed by atoms with van der Waals surface area (Å²) < 4.78 is 12.9. The average Bonchev–Trinajstić information content (AvgIpc) is 3.13. The van der Waals surface area contributed by atoms with Crippen molar-refractivity contribution in [3.8, 4) is 0 Å². The van der Waals surface area contributed by atoms with Crippen LogP contribution in [0.5, 0.6) is 0 Å². The van der Waals surface area contributed by atoms with E-state index in [1.165, 1.54) is 0 Å². The minimum Gasteiger partial charge on any atom is -0.457 e. The third-order valence-corrected chi connectivity index (χ3v) is 10.9. The molecular formula is C26H37NO4Si. The molecule has 1 aliphatic heterocycles. The number of aliphatic hydroxyl groups excluding tert-OH is 1. The number of nitrogens with zero attached hydrogens (tertiary/aromatic N) is 1. The zero-order valence-electron chi connectivity index (χ0n) is 20.2. The topological polar surface area (TPSA) is 59.0 Å². The lowest BCUT2D eigenvalue weighted by Gasteiger charge is -2.46. The predicted molar refractivity (Wildman–Crippen MR) is 130 cm³/mol. The van der Waals surface area contributed by atoms with Crippen LogP contribution in [0.2, 0.25) is 5.04 Å². The largest absolute Gasteiger partial charge is 0.457 e. The highest BCUT2D eigenvalue weighted by molar-refractivity contribution is 6.99. The predicted octanol–water partition coefficient (Wildman–Crippen LogP) is 3.65. The van der Waals surface area contributed by atoms with Crippen molar-refractivity contribution in [3.63, 3.8) is 0 Å². The molecule has 0 radical (unpaired) electrons. The molecule has 0 aromatic heterocycles. The van der Waals surface area contributed by atoms with Crippen molar-refractivity contribution in [2.45, 2.75) is 77.5 Å². The van der Waals surface area contributed by atoms with E-state index in [0.717, 1.165) is 16.8 Å². The Morgan fingerprint density at radius 3 is 1.84 bits per heavy atom. The molecule has 3 rings (SSSR count). The van der Waals surface area contributed by atoms with E-state index in [1.807, 2.05) is 57.2 Å². The van der Waals surface area contributed by atoms with Crippen LogP contribution in [-0.4, -0.2) is 48.9 Å². The molecule has 1 N–H and O–H groups in total. The summed E-state index contributed by atoms with van der Waals surface area (Å²) in [6.07, 6.45) is -0.294. The van der Waals surface area contributed by atoms with E-state index in [9.17, 15) is 9.90 Å². The van der Waals surface area contributed by atoms with Crippen molar-refractivity contribution in [1.82, 2.24) is 4.90 Å². The summed E-state index contributed by atoms with van der Waals surface area (Å²) in [6.45, 7) is 12.7. The average molecular weight is 456 g/mol. The fourth-order valence-corrected chi connectivity index (χ4v) is 9.09. The normalized spacial score (nSPS) is 19.0. The second-order valence-electron chi connectivity index (χ2n) is 10.5. The van der Waals surface area contributed by atoms with Gasteiger partial charge in [-0.3, -0.25) is 0 Å². The molecule has 0 bridgehead atoms. The molecule has 1 unspecified atom stereocenters. The lowest BCUT2D eigenvalue weighted by atomic mass is 10.2. The molecule has 1 heterocycles. The van der Waals surface area contributed by atoms with Gasteiger partial charge in [0.1, 0.15) is 11.8 Å². The standard InChI is InChI=1S/C26H37NO4Si/c1-25(2,3)30-24(29)23(27-19-13-18-22(27)28)31-32(26(4,5)6,20-14-9-7-10-15-20)21-16-11-8-12-17-21/h7-12,14-17,22-23,28H,13,18-19H2,1-6H3/t22-,23?/m0/s1. The van der Waals surface area contributed by atoms with Gasteiger partial charge in [0.25, 0.3) is 8.32 Å². The van der Waals surface area contributed by atoms with Crippen molar-refractivity contribution in [1.29, 1.82) is 0 Å². The van der Waals surface area contributed by atoms with Crippen LogP contribution in [0.3, 0.4) is 0 Å². The number of ether oxygens (including phenoxy) is 1. The molecule has 1 aliphatic rings. The molecule has 32 heavy (non-hydrogen) atoms. The van der Waals surface area contributed by atoms with E-state index in [4.69, 9.17) is 9.16 Å². The van der Waals surface area contributed by atoms with E-state index < -0.39 is 32.3 Å². The minimum absolute atomic E-state index is 0.291. The van der Waals surface area contributed by atoms with E-state index in [2.05, 4.69) is 45.0 Å². The van der Waals surface area contributed by atoms with E-state index in [0.29, 0.717) is 13.0 Å². The summed E-state index contributed by atoms with van der Waals surface area (Å²) in [4.78, 5) is 15.2. The van der Waals surface area contributed by atoms with Crippen LogP contribution in [0.1, 0.15) is 54.4 Å². The molecule has 1 fully saturated rings. The van der Waals surface area contributed by atoms with Crippen LogP contribution in [0, 0.1) is 0 Å². The molecule has 0 spiro atoms. The monoisotopic (exact) mass is 455 g/mol. The SMILES string of the molecule is CC(C)(C)OC(=O)C(O[Si](c1ccccc1)(c1ccccc1)C(C)(C)C)N1CCC[C@@H]1O. The fraction of sp³-hybridized carbons (Fsp3) is 0.500. The molecule has 174 valence electrons. The maximum atomic E-state index is 13.5. The van der Waals surface area contributed by atoms with Crippen LogP contribution in [-0.2, 0) is 14.0 Å². The van der Waals surface area contributed by atoms with Gasteiger partial charge in [-0.25, -0.2) is 9.69 Å². The van der Waals surface area contributed by atoms with Crippen LogP contribution in [0.4, 0.5) is 0 Å². The van der Waals surface area contributed by atoms with Gasteiger partial charge in [-0.15, -0.1) is 0 Å². The first-order valence-electron chi connectivity index (χ1n) is 11.4. The lowest BCUT2D eigenvalue weighted by molar-refractivity contribution is -0.180. The molecular weight excluding hydrogens is 418 g/mol. The molecule has 0 saturated carbocycles. The van der Waals surface area contributed by atoms with E-state index in [1.54, 1.807) is 4.90 Å². The molecule has 6 heteroatoms. The zero-order chi connectivity index (χ0) is 23.6. The number of rotatable bonds is 6. The highest BCUT2D eigenvalue weighted by Crippen LogP contribution is 2.38. The summed E-state index contributed by atoms with van der Waals surface area (Å²) >= 11 is 0. The fourth-order valence-electron chi connectivity index (χ4n) is 4.51. The first kappa shape index (κ1) is 24.6. The molecule has 0 aliphatic carbocycles. The lowest BCUT2D eigenvalue weighted by Crippen LogP contribution is -2.70. The van der Waals surface area contributed by atoms with Crippen LogP contribution >= 0.6 is 0 Å². The number of hydrogen-bond donors (Lipinski definition) is 1. The molecule has 2 atom stereocenters. The van der Waals surface area contributed by atoms with Gasteiger partial charge in [-0.2, -0.15) is 0 Å². The van der Waals surface area contributed by atoms with Gasteiger partial charge in [0, 0.05) is 6.54 Å². The van der Waals surface area contributed by atoms with Gasteiger partial charge in [-0.1, -0.05) is 81.4 Å². The van der Waals surface area contributed by atoms with Crippen molar-refractivity contribution in [2.24, 2.45) is 0 Å². The Morgan fingerprint density at radius 2 is 1.47 bits per heavy atom. The third-order valence-electron chi connectivity index (χ3n) is 5.88. The quantitative estimate of drug-likeness (QED) is 0.532. The summed E-state index contributed by atoms with van der Waals surface area (Å²) in [5.41, 5.74) is -0.658. The highest BCUT2D eigenvalue weighted by Gasteiger charge is 2.54. The highest BCUT2D eigenvalue weighted by atomic mass is 28.4. The first-order chi connectivity index (χ1) is 15.0. The number of carbonyl (C=O) groups is 1. The van der Waals surface area contributed by atoms with Crippen molar-refractivity contribution in [2.75, 3.05) is 6.54 Å². The molecule has 2 aromatic rings. The maximum absolute atomic E-state index is 13.5. The van der Waals surface area contributed by atoms with E-state index in [-0.39, 0.29) is 5.04 Å². The molecule has 2 aromatic carbocycles. The Bertz CT molecular complexity index is 850. The van der Waals surface area contributed by atoms with Gasteiger partial charge < -0.3 is 14.3 Å². The van der Waals surface area contributed by atoms with Gasteiger partial charge in [0.05, 0.1) is 0 Å². The number of aliphatic hydroxyl groups is 1. The summed E-state index contributed by atoms with van der Waals surface area (Å²) in [5.74, 6) is -0.452. The summed E-state index contributed by atoms with van der Waals surface area (Å²) in [6, 6.07) is 20.4. The second-order valence-corrected chi connectivity index (χ2v) is 14.8. The number of hydrogen-bond acceptors (Lipinski definition) is 5. The van der Waals surface area contributed by atoms with Gasteiger partial charge in [-0.05, 0) is 49.0 Å². The Kier molecular flexibility index (Phi) is 7.30. The zero-order valence-corrected chi connectivity index (χ0v) is 21.2. The van der Waals surface area contributed by atoms with Crippen molar-refractivity contribution < 1.29 is 19.1 Å². The minimum atomic E-state index is -3.00. The Hall–Kier alpha value is -1.99. The van der Waals surface area contributed by atoms with Crippen molar-refractivity contribution in [3.05, 3.63) is 60.7 Å². The number of carbonyl (C=O) groups excluding carboxylic acids is 1. The Balaban J connectivity index is 2.19. The molecule has 5 nitrogen and oxygen atoms in total. The van der Waals surface area contributed by atoms with Crippen LogP contribution < -0.4 is 10.4 Å². The van der Waals surface area contributed by atoms with Gasteiger partial charge in [0.2, 0.25) is 6.23 Å². The molecule has 0 amide bonds. The van der Waals surface area contributed by atoms with Crippen molar-refractivity contribution >= 4 is 24.7 Å². The Labute approximate surface area is 193 Å². The van der Waals surface area contributed by atoms with Crippen LogP contribution in [0.25, 0.3) is 0 Å². The van der Waals surface area contributed by atoms with E-state index >= 15 is 0 Å². The maximum Gasteiger partial charge on any atom is 0.350 e. The van der Waals surface area contributed by atoms with Crippen LogP contribution in [0.15, 0.2) is 60.7 Å². The second kappa shape index (κ2) is 9.47. The number of likely N-dealkylation sites (tertiary alicyclic amines) is 1. The first-order valence-corrected chi connectivity index (χ1v) is 13.3. The Morgan fingerprint density at radius 1 is 0.969 bits per heavy atom. The van der Waals surface area contributed by atoms with Gasteiger partial charge >= 0.3 is 5.97 Å². The third kappa shape index (κ3) is 5.15. The summed E-state index contributed by atoms with van der Waals surface area (Å²) in [5, 5.41) is 12.6. The smallest absolute Gasteiger partial charge is 0.350 e. The number of esters is 1. The summed E-state index contributed by atoms with van der Waals surface area (Å²) in [7, 11) is -3.00. The number of benzene rings is 2.